The monoisotopic (exact) mass is 339 g/mol. The standard InChI is InChI=1S/C17H21N7O/c1-8(2)24-17-13(15(18)20-7-21-17)14(22-24)10-5-6-11-12(9(10)3)16(19-4)23-25-11/h5-10H,1-4H3,(H,19,23)(H2,18,20,21). The van der Waals surface area contributed by atoms with Crippen molar-refractivity contribution in [1.82, 2.24) is 24.9 Å². The van der Waals surface area contributed by atoms with Crippen molar-refractivity contribution in [2.75, 3.05) is 18.1 Å². The molecule has 0 amide bonds. The number of allylic oxidation sites excluding steroid dienone is 1. The molecule has 0 aliphatic heterocycles. The number of nitrogens with one attached hydrogen (secondary N) is 1. The highest BCUT2D eigenvalue weighted by Gasteiger charge is 2.33. The van der Waals surface area contributed by atoms with Crippen LogP contribution < -0.4 is 11.1 Å². The van der Waals surface area contributed by atoms with Crippen LogP contribution in [0.2, 0.25) is 0 Å². The zero-order chi connectivity index (χ0) is 17.7. The van der Waals surface area contributed by atoms with Gasteiger partial charge >= 0.3 is 0 Å². The molecule has 2 atom stereocenters. The van der Waals surface area contributed by atoms with Gasteiger partial charge in [-0.25, -0.2) is 14.6 Å². The fourth-order valence-electron chi connectivity index (χ4n) is 3.53. The van der Waals surface area contributed by atoms with E-state index in [1.54, 1.807) is 0 Å². The highest BCUT2D eigenvalue weighted by molar-refractivity contribution is 5.89. The molecule has 3 aromatic rings. The minimum atomic E-state index is 0.0369. The van der Waals surface area contributed by atoms with Crippen LogP contribution in [0.3, 0.4) is 0 Å². The van der Waals surface area contributed by atoms with Crippen molar-refractivity contribution < 1.29 is 4.52 Å². The van der Waals surface area contributed by atoms with E-state index in [1.807, 2.05) is 17.8 Å². The van der Waals surface area contributed by atoms with Crippen molar-refractivity contribution in [3.63, 3.8) is 0 Å². The molecule has 3 N–H and O–H groups in total. The summed E-state index contributed by atoms with van der Waals surface area (Å²) in [5.74, 6) is 2.16. The normalized spacial score (nSPS) is 19.6. The summed E-state index contributed by atoms with van der Waals surface area (Å²) >= 11 is 0. The average Bonchev–Trinajstić information content (AvgIpc) is 3.18. The van der Waals surface area contributed by atoms with E-state index < -0.39 is 0 Å². The number of hydrogen-bond donors (Lipinski definition) is 2. The molecule has 8 heteroatoms. The van der Waals surface area contributed by atoms with E-state index in [0.717, 1.165) is 33.9 Å². The highest BCUT2D eigenvalue weighted by Crippen LogP contribution is 2.45. The van der Waals surface area contributed by atoms with Crippen molar-refractivity contribution in [3.05, 3.63) is 29.4 Å². The van der Waals surface area contributed by atoms with Crippen LogP contribution in [0.25, 0.3) is 17.1 Å². The van der Waals surface area contributed by atoms with Crippen molar-refractivity contribution in [2.45, 2.75) is 38.6 Å². The minimum Gasteiger partial charge on any atom is -0.383 e. The Morgan fingerprint density at radius 1 is 1.32 bits per heavy atom. The largest absolute Gasteiger partial charge is 0.383 e. The summed E-state index contributed by atoms with van der Waals surface area (Å²) in [5.41, 5.74) is 8.89. The summed E-state index contributed by atoms with van der Waals surface area (Å²) in [6, 6.07) is 0.174. The number of rotatable bonds is 3. The lowest BCUT2D eigenvalue weighted by Gasteiger charge is -2.23. The van der Waals surface area contributed by atoms with Crippen LogP contribution >= 0.6 is 0 Å². The molecule has 3 aromatic heterocycles. The predicted molar refractivity (Wildman–Crippen MR) is 96.4 cm³/mol. The smallest absolute Gasteiger partial charge is 0.173 e. The second-order valence-corrected chi connectivity index (χ2v) is 6.61. The quantitative estimate of drug-likeness (QED) is 0.755. The first kappa shape index (κ1) is 15.6. The second-order valence-electron chi connectivity index (χ2n) is 6.61. The average molecular weight is 339 g/mol. The number of anilines is 2. The zero-order valence-electron chi connectivity index (χ0n) is 14.7. The molecule has 130 valence electrons. The summed E-state index contributed by atoms with van der Waals surface area (Å²) in [6.45, 7) is 6.29. The highest BCUT2D eigenvalue weighted by atomic mass is 16.5. The molecule has 0 spiro atoms. The maximum absolute atomic E-state index is 6.18. The fourth-order valence-corrected chi connectivity index (χ4v) is 3.53. The van der Waals surface area contributed by atoms with Gasteiger partial charge in [0.2, 0.25) is 0 Å². The Labute approximate surface area is 145 Å². The van der Waals surface area contributed by atoms with Crippen LogP contribution in [0.15, 0.2) is 16.9 Å². The summed E-state index contributed by atoms with van der Waals surface area (Å²) < 4.78 is 7.32. The number of fused-ring (bicyclic) bond motifs is 2. The lowest BCUT2D eigenvalue weighted by atomic mass is 9.80. The fraction of sp³-hybridized carbons (Fsp3) is 0.412. The molecule has 0 aromatic carbocycles. The second kappa shape index (κ2) is 5.58. The van der Waals surface area contributed by atoms with Gasteiger partial charge in [-0.05, 0) is 19.9 Å². The summed E-state index contributed by atoms with van der Waals surface area (Å²) in [6.07, 6.45) is 5.53. The van der Waals surface area contributed by atoms with Crippen molar-refractivity contribution in [3.8, 4) is 0 Å². The summed E-state index contributed by atoms with van der Waals surface area (Å²) in [4.78, 5) is 8.59. The first-order chi connectivity index (χ1) is 12.0. The molecule has 0 saturated heterocycles. The van der Waals surface area contributed by atoms with Crippen LogP contribution in [-0.2, 0) is 0 Å². The Morgan fingerprint density at radius 2 is 2.12 bits per heavy atom. The third kappa shape index (κ3) is 2.20. The van der Waals surface area contributed by atoms with Gasteiger partial charge in [0.25, 0.3) is 0 Å². The molecule has 0 radical (unpaired) electrons. The molecule has 2 unspecified atom stereocenters. The van der Waals surface area contributed by atoms with E-state index in [9.17, 15) is 0 Å². The zero-order valence-corrected chi connectivity index (χ0v) is 14.7. The van der Waals surface area contributed by atoms with Crippen LogP contribution in [0, 0.1) is 0 Å². The first-order valence-corrected chi connectivity index (χ1v) is 8.37. The van der Waals surface area contributed by atoms with E-state index in [2.05, 4.69) is 47.3 Å². The maximum Gasteiger partial charge on any atom is 0.173 e. The summed E-state index contributed by atoms with van der Waals surface area (Å²) in [7, 11) is 1.84. The Bertz CT molecular complexity index is 969. The van der Waals surface area contributed by atoms with Gasteiger partial charge in [0, 0.05) is 30.5 Å². The molecule has 4 rings (SSSR count). The Balaban J connectivity index is 1.91. The lowest BCUT2D eigenvalue weighted by molar-refractivity contribution is 0.411. The number of nitrogens with two attached hydrogens (primary N) is 1. The van der Waals surface area contributed by atoms with Crippen molar-refractivity contribution in [2.24, 2.45) is 0 Å². The predicted octanol–water partition coefficient (Wildman–Crippen LogP) is 2.93. The van der Waals surface area contributed by atoms with Gasteiger partial charge in [0.05, 0.1) is 11.1 Å². The molecule has 0 saturated carbocycles. The van der Waals surface area contributed by atoms with Crippen molar-refractivity contribution >= 4 is 28.7 Å². The van der Waals surface area contributed by atoms with Gasteiger partial charge < -0.3 is 15.6 Å². The Hall–Kier alpha value is -2.90. The van der Waals surface area contributed by atoms with Gasteiger partial charge in [0.1, 0.15) is 12.1 Å². The van der Waals surface area contributed by atoms with Gasteiger partial charge in [0.15, 0.2) is 17.2 Å². The van der Waals surface area contributed by atoms with Gasteiger partial charge in [-0.15, -0.1) is 0 Å². The third-order valence-corrected chi connectivity index (χ3v) is 4.79. The van der Waals surface area contributed by atoms with Crippen molar-refractivity contribution in [1.29, 1.82) is 0 Å². The van der Waals surface area contributed by atoms with Gasteiger partial charge in [-0.3, -0.25) is 0 Å². The number of hydrogen-bond acceptors (Lipinski definition) is 7. The SMILES string of the molecule is CNc1noc2c1C(C)C(c1nn(C(C)C)c3ncnc(N)c13)C=C2. The Kier molecular flexibility index (Phi) is 3.48. The lowest BCUT2D eigenvalue weighted by Crippen LogP contribution is -2.13. The summed E-state index contributed by atoms with van der Waals surface area (Å²) in [5, 5.41) is 12.9. The van der Waals surface area contributed by atoms with Crippen LogP contribution in [0.1, 0.15) is 55.7 Å². The number of aromatic nitrogens is 5. The van der Waals surface area contributed by atoms with Crippen LogP contribution in [0.5, 0.6) is 0 Å². The van der Waals surface area contributed by atoms with Gasteiger partial charge in [-0.2, -0.15) is 5.10 Å². The van der Waals surface area contributed by atoms with Crippen LogP contribution in [0.4, 0.5) is 11.6 Å². The van der Waals surface area contributed by atoms with E-state index in [0.29, 0.717) is 5.82 Å². The number of nitrogen functional groups attached to an aromatic ring is 1. The molecule has 0 fully saturated rings. The number of nitrogens with zero attached hydrogens (tertiary/aromatic N) is 5. The molecular weight excluding hydrogens is 318 g/mol. The third-order valence-electron chi connectivity index (χ3n) is 4.79. The van der Waals surface area contributed by atoms with E-state index in [-0.39, 0.29) is 17.9 Å². The topological polar surface area (TPSA) is 108 Å². The molecule has 0 bridgehead atoms. The minimum absolute atomic E-state index is 0.0369. The van der Waals surface area contributed by atoms with E-state index >= 15 is 0 Å². The maximum atomic E-state index is 6.18. The van der Waals surface area contributed by atoms with Crippen LogP contribution in [-0.4, -0.2) is 32.0 Å². The molecular formula is C17H21N7O. The molecule has 8 nitrogen and oxygen atoms in total. The molecule has 1 aliphatic carbocycles. The molecule has 25 heavy (non-hydrogen) atoms. The van der Waals surface area contributed by atoms with E-state index in [4.69, 9.17) is 15.4 Å². The Morgan fingerprint density at radius 3 is 2.84 bits per heavy atom. The first-order valence-electron chi connectivity index (χ1n) is 8.37. The van der Waals surface area contributed by atoms with Gasteiger partial charge in [-0.1, -0.05) is 18.2 Å². The molecule has 3 heterocycles. The van der Waals surface area contributed by atoms with E-state index in [1.165, 1.54) is 6.33 Å². The molecule has 1 aliphatic rings.